The van der Waals surface area contributed by atoms with E-state index in [2.05, 4.69) is 27.5 Å². The van der Waals surface area contributed by atoms with Gasteiger partial charge in [0.2, 0.25) is 21.7 Å². The van der Waals surface area contributed by atoms with Gasteiger partial charge in [0.25, 0.3) is 0 Å². The third-order valence-corrected chi connectivity index (χ3v) is 7.56. The molecule has 0 aliphatic heterocycles. The lowest BCUT2D eigenvalue weighted by atomic mass is 10.1. The van der Waals surface area contributed by atoms with Crippen molar-refractivity contribution in [2.45, 2.75) is 44.9 Å². The van der Waals surface area contributed by atoms with Crippen LogP contribution >= 0.6 is 0 Å². The molecule has 1 heterocycles. The van der Waals surface area contributed by atoms with Crippen LogP contribution in [0.3, 0.4) is 0 Å². The minimum atomic E-state index is -3.60. The van der Waals surface area contributed by atoms with Crippen LogP contribution in [-0.4, -0.2) is 40.7 Å². The molecule has 0 bridgehead atoms. The fraction of sp³-hybridized carbons (Fsp3) is 0.333. The molecule has 0 atom stereocenters. The van der Waals surface area contributed by atoms with Crippen LogP contribution in [0.5, 0.6) is 0 Å². The summed E-state index contributed by atoms with van der Waals surface area (Å²) in [4.78, 5) is 19.6. The second-order valence-electron chi connectivity index (χ2n) is 7.84. The molecule has 0 saturated heterocycles. The maximum absolute atomic E-state index is 12.7. The van der Waals surface area contributed by atoms with Gasteiger partial charge in [0, 0.05) is 24.5 Å². The van der Waals surface area contributed by atoms with E-state index in [1.54, 1.807) is 26.0 Å². The quantitative estimate of drug-likeness (QED) is 0.256. The minimum absolute atomic E-state index is 0.00795. The van der Waals surface area contributed by atoms with Crippen LogP contribution < -0.4 is 10.6 Å². The summed E-state index contributed by atoms with van der Waals surface area (Å²) in [5.41, 5.74) is 2.01. The summed E-state index contributed by atoms with van der Waals surface area (Å²) in [5, 5.41) is 17.8. The number of aromatic nitrogens is 2. The Morgan fingerprint density at radius 1 is 0.886 bits per heavy atom. The molecular formula is C24H30N6O4S. The predicted octanol–water partition coefficient (Wildman–Crippen LogP) is 5.25. The number of anilines is 4. The molecule has 0 spiro atoms. The molecule has 0 radical (unpaired) electrons. The molecule has 0 fully saturated rings. The minimum Gasteiger partial charge on any atom is -0.334 e. The summed E-state index contributed by atoms with van der Waals surface area (Å²) < 4.78 is 26.7. The summed E-state index contributed by atoms with van der Waals surface area (Å²) >= 11 is 0. The zero-order valence-corrected chi connectivity index (χ0v) is 20.9. The number of aryl methyl sites for hydroxylation is 1. The number of nitro groups is 1. The molecule has 1 aromatic heterocycles. The Morgan fingerprint density at radius 3 is 1.86 bits per heavy atom. The van der Waals surface area contributed by atoms with Gasteiger partial charge in [-0.2, -0.15) is 4.31 Å². The first-order chi connectivity index (χ1) is 16.8. The zero-order chi connectivity index (χ0) is 25.4. The number of hydrogen-bond acceptors (Lipinski definition) is 8. The Balaban J connectivity index is 1.83. The summed E-state index contributed by atoms with van der Waals surface area (Å²) in [7, 11) is -3.60. The van der Waals surface area contributed by atoms with E-state index >= 15 is 0 Å². The smallest absolute Gasteiger partial charge is 0.334 e. The van der Waals surface area contributed by atoms with Crippen LogP contribution in [0.1, 0.15) is 39.2 Å². The molecule has 0 amide bonds. The number of nitrogens with one attached hydrogen (secondary N) is 2. The van der Waals surface area contributed by atoms with E-state index < -0.39 is 14.9 Å². The topological polar surface area (TPSA) is 130 Å². The van der Waals surface area contributed by atoms with E-state index in [0.717, 1.165) is 19.3 Å². The molecule has 2 N–H and O–H groups in total. The lowest BCUT2D eigenvalue weighted by molar-refractivity contribution is -0.383. The molecule has 2 aromatic carbocycles. The van der Waals surface area contributed by atoms with E-state index in [1.165, 1.54) is 28.3 Å². The Bertz CT molecular complexity index is 1240. The van der Waals surface area contributed by atoms with E-state index in [0.29, 0.717) is 24.5 Å². The molecular weight excluding hydrogens is 468 g/mol. The average molecular weight is 499 g/mol. The van der Waals surface area contributed by atoms with Crippen LogP contribution in [0.15, 0.2) is 59.8 Å². The highest BCUT2D eigenvalue weighted by molar-refractivity contribution is 7.89. The van der Waals surface area contributed by atoms with Crippen molar-refractivity contribution >= 4 is 38.7 Å². The van der Waals surface area contributed by atoms with Crippen molar-refractivity contribution in [3.8, 4) is 0 Å². The molecule has 35 heavy (non-hydrogen) atoms. The molecule has 10 nitrogen and oxygen atoms in total. The molecule has 0 saturated carbocycles. The lowest BCUT2D eigenvalue weighted by Crippen LogP contribution is -2.30. The summed E-state index contributed by atoms with van der Waals surface area (Å²) in [6.45, 7) is 6.42. The van der Waals surface area contributed by atoms with Crippen LogP contribution in [0, 0.1) is 10.1 Å². The van der Waals surface area contributed by atoms with Gasteiger partial charge < -0.3 is 10.6 Å². The number of benzene rings is 2. The number of sulfonamides is 1. The van der Waals surface area contributed by atoms with E-state index in [9.17, 15) is 18.5 Å². The second kappa shape index (κ2) is 11.7. The SMILES string of the molecule is CCCCc1ccc(Nc2ncnc(Nc3ccc(S(=O)(=O)N(CC)CC)cc3)c2[N+](=O)[O-])cc1. The van der Waals surface area contributed by atoms with Gasteiger partial charge in [-0.15, -0.1) is 0 Å². The van der Waals surface area contributed by atoms with Gasteiger partial charge in [-0.1, -0.05) is 39.3 Å². The Kier molecular flexibility index (Phi) is 8.72. The molecule has 11 heteroatoms. The number of unbranched alkanes of at least 4 members (excludes halogenated alkanes) is 1. The van der Waals surface area contributed by atoms with Gasteiger partial charge >= 0.3 is 5.69 Å². The first-order valence-corrected chi connectivity index (χ1v) is 13.0. The highest BCUT2D eigenvalue weighted by atomic mass is 32.2. The Morgan fingerprint density at radius 2 is 1.40 bits per heavy atom. The van der Waals surface area contributed by atoms with Crippen LogP contribution in [0.25, 0.3) is 0 Å². The predicted molar refractivity (Wildman–Crippen MR) is 137 cm³/mol. The summed E-state index contributed by atoms with van der Waals surface area (Å²) in [6.07, 6.45) is 4.42. The zero-order valence-electron chi connectivity index (χ0n) is 20.1. The standard InChI is InChI=1S/C24H30N6O4S/c1-4-7-8-18-9-11-19(12-10-18)27-23-22(30(31)32)24(26-17-25-23)28-20-13-15-21(16-14-20)35(33,34)29(5-2)6-3/h9-17H,4-8H2,1-3H3,(H2,25,26,27,28). The van der Waals surface area contributed by atoms with Gasteiger partial charge in [-0.25, -0.2) is 18.4 Å². The van der Waals surface area contributed by atoms with Crippen LogP contribution in [0.2, 0.25) is 0 Å². The monoisotopic (exact) mass is 498 g/mol. The number of hydrogen-bond donors (Lipinski definition) is 2. The van der Waals surface area contributed by atoms with Crippen molar-refractivity contribution in [2.24, 2.45) is 0 Å². The maximum Gasteiger partial charge on any atom is 0.353 e. The number of rotatable bonds is 12. The molecule has 186 valence electrons. The van der Waals surface area contributed by atoms with E-state index in [1.807, 2.05) is 24.3 Å². The summed E-state index contributed by atoms with van der Waals surface area (Å²) in [6, 6.07) is 13.7. The molecule has 0 aliphatic rings. The van der Waals surface area contributed by atoms with Gasteiger partial charge in [0.05, 0.1) is 9.82 Å². The van der Waals surface area contributed by atoms with Gasteiger partial charge in [0.1, 0.15) is 6.33 Å². The third kappa shape index (κ3) is 6.31. The second-order valence-corrected chi connectivity index (χ2v) is 9.78. The first-order valence-electron chi connectivity index (χ1n) is 11.5. The fourth-order valence-corrected chi connectivity index (χ4v) is 5.02. The van der Waals surface area contributed by atoms with Crippen molar-refractivity contribution in [1.82, 2.24) is 14.3 Å². The maximum atomic E-state index is 12.7. The molecule has 3 rings (SSSR count). The lowest BCUT2D eigenvalue weighted by Gasteiger charge is -2.18. The van der Waals surface area contributed by atoms with Gasteiger partial charge in [-0.05, 0) is 54.8 Å². The van der Waals surface area contributed by atoms with Crippen molar-refractivity contribution in [3.63, 3.8) is 0 Å². The van der Waals surface area contributed by atoms with E-state index in [4.69, 9.17) is 0 Å². The van der Waals surface area contributed by atoms with Crippen molar-refractivity contribution < 1.29 is 13.3 Å². The fourth-order valence-electron chi connectivity index (χ4n) is 3.57. The first kappa shape index (κ1) is 26.0. The van der Waals surface area contributed by atoms with E-state index in [-0.39, 0.29) is 22.2 Å². The highest BCUT2D eigenvalue weighted by Crippen LogP contribution is 2.33. The largest absolute Gasteiger partial charge is 0.353 e. The molecule has 0 aliphatic carbocycles. The average Bonchev–Trinajstić information content (AvgIpc) is 2.84. The molecule has 3 aromatic rings. The summed E-state index contributed by atoms with van der Waals surface area (Å²) in [5.74, 6) is 0.0426. The van der Waals surface area contributed by atoms with Crippen molar-refractivity contribution in [1.29, 1.82) is 0 Å². The normalized spacial score (nSPS) is 11.4. The van der Waals surface area contributed by atoms with Crippen LogP contribution in [-0.2, 0) is 16.4 Å². The van der Waals surface area contributed by atoms with Crippen molar-refractivity contribution in [2.75, 3.05) is 23.7 Å². The van der Waals surface area contributed by atoms with Gasteiger partial charge in [0.15, 0.2) is 0 Å². The van der Waals surface area contributed by atoms with Crippen molar-refractivity contribution in [3.05, 3.63) is 70.5 Å². The third-order valence-electron chi connectivity index (χ3n) is 5.50. The number of nitrogens with zero attached hydrogens (tertiary/aromatic N) is 4. The Hall–Kier alpha value is -3.57. The van der Waals surface area contributed by atoms with Crippen LogP contribution in [0.4, 0.5) is 28.7 Å². The Labute approximate surface area is 205 Å². The highest BCUT2D eigenvalue weighted by Gasteiger charge is 2.24. The molecule has 0 unspecified atom stereocenters. The van der Waals surface area contributed by atoms with Gasteiger partial charge in [-0.3, -0.25) is 10.1 Å².